The first-order chi connectivity index (χ1) is 5.61. The number of halogens is 1. The molecule has 0 amide bonds. The molecule has 1 atom stereocenters. The molecule has 0 N–H and O–H groups in total. The van der Waals surface area contributed by atoms with Crippen LogP contribution in [0.25, 0.3) is 0 Å². The molecule has 0 spiro atoms. The molecule has 0 aliphatic heterocycles. The second-order valence-electron chi connectivity index (χ2n) is 2.62. The van der Waals surface area contributed by atoms with Crippen LogP contribution in [0.2, 0.25) is 0 Å². The lowest BCUT2D eigenvalue weighted by atomic mass is 10.1. The molecule has 0 saturated heterocycles. The summed E-state index contributed by atoms with van der Waals surface area (Å²) in [6, 6.07) is 0. The summed E-state index contributed by atoms with van der Waals surface area (Å²) in [6.07, 6.45) is 2.69. The van der Waals surface area contributed by atoms with E-state index in [0.29, 0.717) is 12.5 Å². The Hall–Kier alpha value is -0.500. The Morgan fingerprint density at radius 2 is 2.17 bits per heavy atom. The fourth-order valence-corrected chi connectivity index (χ4v) is 0.905. The smallest absolute Gasteiger partial charge is 0.349 e. The van der Waals surface area contributed by atoms with Gasteiger partial charge in [-0.25, -0.2) is 4.79 Å². The number of allylic oxidation sites excluding steroid dienone is 1. The van der Waals surface area contributed by atoms with E-state index in [0.717, 1.165) is 6.42 Å². The lowest BCUT2D eigenvalue weighted by molar-refractivity contribution is -0.137. The van der Waals surface area contributed by atoms with Crippen LogP contribution in [0.4, 0.5) is 0 Å². The van der Waals surface area contributed by atoms with Crippen LogP contribution in [0.5, 0.6) is 0 Å². The van der Waals surface area contributed by atoms with E-state index in [1.165, 1.54) is 0 Å². The van der Waals surface area contributed by atoms with Crippen LogP contribution < -0.4 is 0 Å². The number of carbonyl (C=O) groups excluding carboxylic acids is 1. The second-order valence-corrected chi connectivity index (χ2v) is 3.03. The molecule has 0 heterocycles. The molecule has 0 bridgehead atoms. The van der Waals surface area contributed by atoms with Crippen LogP contribution in [0, 0.1) is 5.92 Å². The number of hydrogen-bond acceptors (Lipinski definition) is 2. The molecule has 0 fully saturated rings. The molecule has 3 heteroatoms. The summed E-state index contributed by atoms with van der Waals surface area (Å²) in [7, 11) is 0. The lowest BCUT2D eigenvalue weighted by Gasteiger charge is -2.03. The summed E-state index contributed by atoms with van der Waals surface area (Å²) >= 11 is 5.67. The summed E-state index contributed by atoms with van der Waals surface area (Å²) in [4.78, 5) is 11.0. The summed E-state index contributed by atoms with van der Waals surface area (Å²) < 4.78 is 4.71. The van der Waals surface area contributed by atoms with E-state index < -0.39 is 5.97 Å². The highest BCUT2D eigenvalue weighted by molar-refractivity contribution is 6.41. The van der Waals surface area contributed by atoms with Crippen molar-refractivity contribution in [1.82, 2.24) is 0 Å². The average Bonchev–Trinajstić information content (AvgIpc) is 2.04. The predicted molar refractivity (Wildman–Crippen MR) is 50.0 cm³/mol. The van der Waals surface area contributed by atoms with Crippen LogP contribution in [0.1, 0.15) is 27.2 Å². The van der Waals surface area contributed by atoms with Gasteiger partial charge in [-0.15, -0.1) is 0 Å². The maximum Gasteiger partial charge on any atom is 0.349 e. The van der Waals surface area contributed by atoms with Crippen LogP contribution in [0.15, 0.2) is 11.1 Å². The zero-order chi connectivity index (χ0) is 9.56. The van der Waals surface area contributed by atoms with Gasteiger partial charge in [0.2, 0.25) is 0 Å². The van der Waals surface area contributed by atoms with Gasteiger partial charge in [-0.1, -0.05) is 37.9 Å². The van der Waals surface area contributed by atoms with E-state index in [1.54, 1.807) is 13.0 Å². The Kier molecular flexibility index (Phi) is 5.81. The first-order valence-corrected chi connectivity index (χ1v) is 4.54. The quantitative estimate of drug-likeness (QED) is 0.503. The van der Waals surface area contributed by atoms with Crippen LogP contribution >= 0.6 is 11.6 Å². The Morgan fingerprint density at radius 1 is 1.58 bits per heavy atom. The van der Waals surface area contributed by atoms with E-state index >= 15 is 0 Å². The van der Waals surface area contributed by atoms with Crippen molar-refractivity contribution in [2.75, 3.05) is 6.61 Å². The molecule has 0 aromatic heterocycles. The van der Waals surface area contributed by atoms with Gasteiger partial charge in [0.15, 0.2) is 0 Å². The number of hydrogen-bond donors (Lipinski definition) is 0. The maximum atomic E-state index is 11.0. The van der Waals surface area contributed by atoms with Crippen molar-refractivity contribution in [2.45, 2.75) is 27.2 Å². The SMILES string of the molecule is CCOC(=O)/C(Cl)=C/C(C)CC. The first-order valence-electron chi connectivity index (χ1n) is 4.16. The highest BCUT2D eigenvalue weighted by atomic mass is 35.5. The van der Waals surface area contributed by atoms with Gasteiger partial charge in [0.1, 0.15) is 5.03 Å². The molecule has 0 aromatic carbocycles. The van der Waals surface area contributed by atoms with Crippen molar-refractivity contribution in [3.05, 3.63) is 11.1 Å². The van der Waals surface area contributed by atoms with Gasteiger partial charge < -0.3 is 4.74 Å². The van der Waals surface area contributed by atoms with Gasteiger partial charge in [-0.2, -0.15) is 0 Å². The molecule has 0 aliphatic rings. The zero-order valence-electron chi connectivity index (χ0n) is 7.76. The van der Waals surface area contributed by atoms with Crippen molar-refractivity contribution < 1.29 is 9.53 Å². The molecular formula is C9H15ClO2. The van der Waals surface area contributed by atoms with Crippen molar-refractivity contribution in [3.63, 3.8) is 0 Å². The third kappa shape index (κ3) is 4.39. The second kappa shape index (κ2) is 6.06. The molecule has 0 aromatic rings. The maximum absolute atomic E-state index is 11.0. The molecule has 0 saturated carbocycles. The fourth-order valence-electron chi connectivity index (χ4n) is 0.636. The van der Waals surface area contributed by atoms with Crippen molar-refractivity contribution >= 4 is 17.6 Å². The number of esters is 1. The molecule has 12 heavy (non-hydrogen) atoms. The standard InChI is InChI=1S/C9H15ClO2/c1-4-7(3)6-8(10)9(11)12-5-2/h6-7H,4-5H2,1-3H3/b8-6-. The molecule has 0 radical (unpaired) electrons. The molecule has 0 rings (SSSR count). The van der Waals surface area contributed by atoms with Crippen LogP contribution in [-0.2, 0) is 9.53 Å². The molecule has 2 nitrogen and oxygen atoms in total. The predicted octanol–water partition coefficient (Wildman–Crippen LogP) is 2.72. The summed E-state index contributed by atoms with van der Waals surface area (Å²) in [6.45, 7) is 6.16. The van der Waals surface area contributed by atoms with Crippen LogP contribution in [0.3, 0.4) is 0 Å². The number of rotatable bonds is 4. The molecular weight excluding hydrogens is 176 g/mol. The number of carbonyl (C=O) groups is 1. The highest BCUT2D eigenvalue weighted by Crippen LogP contribution is 2.11. The molecule has 0 aliphatic carbocycles. The van der Waals surface area contributed by atoms with Crippen molar-refractivity contribution in [2.24, 2.45) is 5.92 Å². The first kappa shape index (κ1) is 11.5. The monoisotopic (exact) mass is 190 g/mol. The van der Waals surface area contributed by atoms with E-state index in [9.17, 15) is 4.79 Å². The van der Waals surface area contributed by atoms with Gasteiger partial charge in [0.05, 0.1) is 6.61 Å². The van der Waals surface area contributed by atoms with Crippen molar-refractivity contribution in [3.8, 4) is 0 Å². The van der Waals surface area contributed by atoms with Gasteiger partial charge in [0.25, 0.3) is 0 Å². The Labute approximate surface area is 78.5 Å². The van der Waals surface area contributed by atoms with E-state index in [2.05, 4.69) is 0 Å². The largest absolute Gasteiger partial charge is 0.462 e. The van der Waals surface area contributed by atoms with Gasteiger partial charge >= 0.3 is 5.97 Å². The fraction of sp³-hybridized carbons (Fsp3) is 0.667. The average molecular weight is 191 g/mol. The zero-order valence-corrected chi connectivity index (χ0v) is 8.52. The minimum Gasteiger partial charge on any atom is -0.462 e. The number of ether oxygens (including phenoxy) is 1. The van der Waals surface area contributed by atoms with E-state index in [-0.39, 0.29) is 5.03 Å². The van der Waals surface area contributed by atoms with Crippen LogP contribution in [-0.4, -0.2) is 12.6 Å². The molecule has 1 unspecified atom stereocenters. The molecule has 70 valence electrons. The van der Waals surface area contributed by atoms with Gasteiger partial charge in [-0.05, 0) is 12.8 Å². The Bertz CT molecular complexity index is 175. The lowest BCUT2D eigenvalue weighted by Crippen LogP contribution is -2.04. The summed E-state index contributed by atoms with van der Waals surface area (Å²) in [5.74, 6) is -0.110. The van der Waals surface area contributed by atoms with E-state index in [1.807, 2.05) is 13.8 Å². The Morgan fingerprint density at radius 3 is 2.58 bits per heavy atom. The normalized spacial score (nSPS) is 14.2. The van der Waals surface area contributed by atoms with Gasteiger partial charge in [0, 0.05) is 0 Å². The minimum atomic E-state index is -0.431. The minimum absolute atomic E-state index is 0.186. The van der Waals surface area contributed by atoms with Gasteiger partial charge in [-0.3, -0.25) is 0 Å². The Balaban J connectivity index is 4.07. The van der Waals surface area contributed by atoms with E-state index in [4.69, 9.17) is 16.3 Å². The third-order valence-electron chi connectivity index (χ3n) is 1.55. The topological polar surface area (TPSA) is 26.3 Å². The summed E-state index contributed by atoms with van der Waals surface area (Å²) in [5.41, 5.74) is 0. The summed E-state index contributed by atoms with van der Waals surface area (Å²) in [5, 5.41) is 0.186. The van der Waals surface area contributed by atoms with Crippen molar-refractivity contribution in [1.29, 1.82) is 0 Å². The highest BCUT2D eigenvalue weighted by Gasteiger charge is 2.07. The third-order valence-corrected chi connectivity index (χ3v) is 1.83.